The summed E-state index contributed by atoms with van der Waals surface area (Å²) in [4.78, 5) is 10.3. The number of anilines is 1. The Morgan fingerprint density at radius 1 is 1.37 bits per heavy atom. The molecule has 1 saturated carbocycles. The molecule has 0 heterocycles. The Kier molecular flexibility index (Phi) is 4.30. The lowest BCUT2D eigenvalue weighted by molar-refractivity contribution is -0.384. The van der Waals surface area contributed by atoms with Crippen LogP contribution in [0.15, 0.2) is 18.2 Å². The molecule has 19 heavy (non-hydrogen) atoms. The van der Waals surface area contributed by atoms with Gasteiger partial charge in [0.25, 0.3) is 5.69 Å². The highest BCUT2D eigenvalue weighted by Gasteiger charge is 2.27. The minimum atomic E-state index is -0.461. The van der Waals surface area contributed by atoms with Crippen molar-refractivity contribution in [2.45, 2.75) is 39.2 Å². The Bertz CT molecular complexity index is 479. The average Bonchev–Trinajstić information content (AvgIpc) is 2.34. The summed E-state index contributed by atoms with van der Waals surface area (Å²) in [6, 6.07) is 5.25. The quantitative estimate of drug-likeness (QED) is 0.657. The van der Waals surface area contributed by atoms with E-state index in [1.807, 2.05) is 0 Å². The maximum atomic E-state index is 10.7. The van der Waals surface area contributed by atoms with Crippen molar-refractivity contribution in [2.24, 2.45) is 11.8 Å². The highest BCUT2D eigenvalue weighted by molar-refractivity contribution is 6.32. The summed E-state index contributed by atoms with van der Waals surface area (Å²) in [5.41, 5.74) is 0.818. The first kappa shape index (κ1) is 14.1. The summed E-state index contributed by atoms with van der Waals surface area (Å²) in [5.74, 6) is 1.31. The van der Waals surface area contributed by atoms with Crippen LogP contribution >= 0.6 is 11.6 Å². The fraction of sp³-hybridized carbons (Fsp3) is 0.571. The molecular formula is C14H19ClN2O2. The Morgan fingerprint density at radius 3 is 2.74 bits per heavy atom. The van der Waals surface area contributed by atoms with Gasteiger partial charge in [0.05, 0.1) is 4.92 Å². The number of benzene rings is 1. The van der Waals surface area contributed by atoms with Gasteiger partial charge in [-0.25, -0.2) is 0 Å². The molecule has 0 radical (unpaired) electrons. The Hall–Kier alpha value is -1.29. The van der Waals surface area contributed by atoms with Crippen LogP contribution in [0, 0.1) is 22.0 Å². The lowest BCUT2D eigenvalue weighted by Gasteiger charge is -2.35. The molecule has 1 fully saturated rings. The summed E-state index contributed by atoms with van der Waals surface area (Å²) in [5, 5.41) is 14.4. The SMILES string of the molecule is CC1CCCC(Nc2ccc([N+](=O)[O-])c(Cl)c2)C1C. The molecule has 1 aliphatic rings. The average molecular weight is 283 g/mol. The summed E-state index contributed by atoms with van der Waals surface area (Å²) < 4.78 is 0. The molecule has 0 bridgehead atoms. The van der Waals surface area contributed by atoms with E-state index in [-0.39, 0.29) is 10.7 Å². The van der Waals surface area contributed by atoms with Crippen LogP contribution in [0.3, 0.4) is 0 Å². The molecule has 1 N–H and O–H groups in total. The zero-order chi connectivity index (χ0) is 14.0. The monoisotopic (exact) mass is 282 g/mol. The van der Waals surface area contributed by atoms with Crippen LogP contribution in [0.1, 0.15) is 33.1 Å². The lowest BCUT2D eigenvalue weighted by atomic mass is 9.78. The van der Waals surface area contributed by atoms with Gasteiger partial charge >= 0.3 is 0 Å². The van der Waals surface area contributed by atoms with E-state index in [1.54, 1.807) is 12.1 Å². The third kappa shape index (κ3) is 3.18. The molecule has 3 unspecified atom stereocenters. The molecule has 0 aliphatic heterocycles. The van der Waals surface area contributed by atoms with Gasteiger partial charge in [-0.3, -0.25) is 10.1 Å². The van der Waals surface area contributed by atoms with Crippen molar-refractivity contribution in [3.05, 3.63) is 33.3 Å². The number of nitro groups is 1. The van der Waals surface area contributed by atoms with Crippen LogP contribution in [0.25, 0.3) is 0 Å². The van der Waals surface area contributed by atoms with Crippen LogP contribution in [0.4, 0.5) is 11.4 Å². The van der Waals surface area contributed by atoms with Gasteiger partial charge in [0.2, 0.25) is 0 Å². The van der Waals surface area contributed by atoms with Gasteiger partial charge < -0.3 is 5.32 Å². The fourth-order valence-corrected chi connectivity index (χ4v) is 2.99. The molecule has 1 aromatic rings. The fourth-order valence-electron chi connectivity index (χ4n) is 2.74. The van der Waals surface area contributed by atoms with Gasteiger partial charge in [0.15, 0.2) is 0 Å². The zero-order valence-electron chi connectivity index (χ0n) is 11.2. The molecule has 2 rings (SSSR count). The number of nitro benzene ring substituents is 1. The van der Waals surface area contributed by atoms with Crippen molar-refractivity contribution < 1.29 is 4.92 Å². The minimum Gasteiger partial charge on any atom is -0.382 e. The molecule has 0 amide bonds. The van der Waals surface area contributed by atoms with Crippen LogP contribution in [0.2, 0.25) is 5.02 Å². The van der Waals surface area contributed by atoms with Crippen molar-refractivity contribution >= 4 is 23.0 Å². The van der Waals surface area contributed by atoms with E-state index in [2.05, 4.69) is 19.2 Å². The predicted molar refractivity (Wildman–Crippen MR) is 77.7 cm³/mol. The van der Waals surface area contributed by atoms with E-state index < -0.39 is 4.92 Å². The lowest BCUT2D eigenvalue weighted by Crippen LogP contribution is -2.34. The maximum absolute atomic E-state index is 10.7. The molecule has 104 valence electrons. The maximum Gasteiger partial charge on any atom is 0.288 e. The van der Waals surface area contributed by atoms with Gasteiger partial charge in [-0.15, -0.1) is 0 Å². The van der Waals surface area contributed by atoms with Gasteiger partial charge in [-0.1, -0.05) is 38.3 Å². The second-order valence-corrected chi connectivity index (χ2v) is 5.85. The number of rotatable bonds is 3. The Labute approximate surface area is 118 Å². The first-order valence-corrected chi connectivity index (χ1v) is 7.07. The van der Waals surface area contributed by atoms with Gasteiger partial charge in [0.1, 0.15) is 5.02 Å². The van der Waals surface area contributed by atoms with Crippen LogP contribution in [0.5, 0.6) is 0 Å². The van der Waals surface area contributed by atoms with Crippen LogP contribution in [-0.4, -0.2) is 11.0 Å². The molecule has 5 heteroatoms. The van der Waals surface area contributed by atoms with Crippen LogP contribution in [-0.2, 0) is 0 Å². The third-order valence-electron chi connectivity index (χ3n) is 4.20. The summed E-state index contributed by atoms with van der Waals surface area (Å²) >= 11 is 5.93. The first-order valence-electron chi connectivity index (χ1n) is 6.69. The Balaban J connectivity index is 2.11. The first-order chi connectivity index (χ1) is 8.99. The highest BCUT2D eigenvalue weighted by Crippen LogP contribution is 2.33. The summed E-state index contributed by atoms with van der Waals surface area (Å²) in [6.45, 7) is 4.54. The van der Waals surface area contributed by atoms with E-state index >= 15 is 0 Å². The molecule has 0 spiro atoms. The molecule has 1 aliphatic carbocycles. The van der Waals surface area contributed by atoms with Gasteiger partial charge in [0, 0.05) is 17.8 Å². The van der Waals surface area contributed by atoms with Crippen molar-refractivity contribution in [3.63, 3.8) is 0 Å². The van der Waals surface area contributed by atoms with Crippen molar-refractivity contribution in [1.29, 1.82) is 0 Å². The van der Waals surface area contributed by atoms with Crippen molar-refractivity contribution in [1.82, 2.24) is 0 Å². The van der Waals surface area contributed by atoms with E-state index in [1.165, 1.54) is 18.9 Å². The van der Waals surface area contributed by atoms with E-state index in [0.717, 1.165) is 12.1 Å². The predicted octanol–water partition coefficient (Wildman–Crippen LogP) is 4.48. The standard InChI is InChI=1S/C14H19ClN2O2/c1-9-4-3-5-13(10(9)2)16-11-6-7-14(17(18)19)12(15)8-11/h6-10,13,16H,3-5H2,1-2H3. The molecular weight excluding hydrogens is 264 g/mol. The number of halogens is 1. The summed E-state index contributed by atoms with van der Waals surface area (Å²) in [6.07, 6.45) is 3.64. The summed E-state index contributed by atoms with van der Waals surface area (Å²) in [7, 11) is 0. The molecule has 3 atom stereocenters. The number of nitrogens with one attached hydrogen (secondary N) is 1. The molecule has 0 aromatic heterocycles. The number of hydrogen-bond acceptors (Lipinski definition) is 3. The smallest absolute Gasteiger partial charge is 0.288 e. The van der Waals surface area contributed by atoms with Crippen molar-refractivity contribution in [3.8, 4) is 0 Å². The normalized spacial score (nSPS) is 27.0. The molecule has 4 nitrogen and oxygen atoms in total. The minimum absolute atomic E-state index is 0.0442. The van der Waals surface area contributed by atoms with Crippen molar-refractivity contribution in [2.75, 3.05) is 5.32 Å². The second-order valence-electron chi connectivity index (χ2n) is 5.44. The second kappa shape index (κ2) is 5.78. The van der Waals surface area contributed by atoms with E-state index in [0.29, 0.717) is 17.9 Å². The third-order valence-corrected chi connectivity index (χ3v) is 4.51. The number of nitrogens with zero attached hydrogens (tertiary/aromatic N) is 1. The largest absolute Gasteiger partial charge is 0.382 e. The van der Waals surface area contributed by atoms with Crippen LogP contribution < -0.4 is 5.32 Å². The van der Waals surface area contributed by atoms with E-state index in [4.69, 9.17) is 11.6 Å². The number of hydrogen-bond donors (Lipinski definition) is 1. The van der Waals surface area contributed by atoms with Gasteiger partial charge in [-0.2, -0.15) is 0 Å². The Morgan fingerprint density at radius 2 is 2.11 bits per heavy atom. The van der Waals surface area contributed by atoms with Gasteiger partial charge in [-0.05, 0) is 30.4 Å². The zero-order valence-corrected chi connectivity index (χ0v) is 12.0. The highest BCUT2D eigenvalue weighted by atomic mass is 35.5. The topological polar surface area (TPSA) is 55.2 Å². The molecule has 1 aromatic carbocycles. The van der Waals surface area contributed by atoms with E-state index in [9.17, 15) is 10.1 Å². The molecule has 0 saturated heterocycles.